The van der Waals surface area contributed by atoms with Gasteiger partial charge in [0.15, 0.2) is 0 Å². The molecule has 4 rings (SSSR count). The number of hydrogen-bond acceptors (Lipinski definition) is 2. The van der Waals surface area contributed by atoms with Crippen LogP contribution in [0.1, 0.15) is 36.5 Å². The average Bonchev–Trinajstić information content (AvgIpc) is 2.78. The fourth-order valence-corrected chi connectivity index (χ4v) is 4.74. The second-order valence-electron chi connectivity index (χ2n) is 9.35. The Labute approximate surface area is 193 Å². The van der Waals surface area contributed by atoms with E-state index in [0.29, 0.717) is 12.1 Å². The minimum Gasteiger partial charge on any atom is -0.371 e. The number of aliphatic imine (C=N–C) groups is 2. The van der Waals surface area contributed by atoms with Crippen LogP contribution in [0.25, 0.3) is 0 Å². The maximum Gasteiger partial charge on any atom is 0.416 e. The van der Waals surface area contributed by atoms with Crippen molar-refractivity contribution in [2.75, 3.05) is 38.1 Å². The van der Waals surface area contributed by atoms with E-state index in [9.17, 15) is 13.2 Å². The second kappa shape index (κ2) is 9.20. The molecule has 4 nitrogen and oxygen atoms in total. The Morgan fingerprint density at radius 1 is 1.03 bits per heavy atom. The number of likely N-dealkylation sites (tertiary alicyclic amines) is 1. The Bertz CT molecular complexity index is 1020. The third-order valence-corrected chi connectivity index (χ3v) is 6.90. The first-order valence-electron chi connectivity index (χ1n) is 11.4. The summed E-state index contributed by atoms with van der Waals surface area (Å²) in [6.07, 6.45) is -1.65. The molecule has 2 aliphatic heterocycles. The number of rotatable bonds is 3. The highest BCUT2D eigenvalue weighted by Gasteiger charge is 2.45. The van der Waals surface area contributed by atoms with Crippen LogP contribution in [0, 0.1) is 12.3 Å². The molecule has 176 valence electrons. The molecule has 7 heteroatoms. The Hall–Kier alpha value is -2.83. The number of nitrogens with zero attached hydrogens (tertiary/aromatic N) is 4. The highest BCUT2D eigenvalue weighted by Crippen LogP contribution is 2.42. The van der Waals surface area contributed by atoms with Crippen LogP contribution in [-0.2, 0) is 12.6 Å². The molecule has 2 aliphatic rings. The molecule has 0 saturated carbocycles. The van der Waals surface area contributed by atoms with Crippen LogP contribution in [0.4, 0.5) is 18.9 Å². The Morgan fingerprint density at radius 2 is 1.70 bits per heavy atom. The summed E-state index contributed by atoms with van der Waals surface area (Å²) in [5.74, 6) is 1.80. The average molecular weight is 457 g/mol. The van der Waals surface area contributed by atoms with Gasteiger partial charge < -0.3 is 9.80 Å². The number of amidine groups is 2. The summed E-state index contributed by atoms with van der Waals surface area (Å²) in [5, 5.41) is 0. The maximum atomic E-state index is 13.1. The number of aryl methyl sites for hydroxylation is 1. The lowest BCUT2D eigenvalue weighted by molar-refractivity contribution is -0.137. The van der Waals surface area contributed by atoms with Gasteiger partial charge >= 0.3 is 6.18 Å². The van der Waals surface area contributed by atoms with Gasteiger partial charge in [-0.15, -0.1) is 0 Å². The highest BCUT2D eigenvalue weighted by atomic mass is 19.4. The van der Waals surface area contributed by atoms with E-state index in [2.05, 4.69) is 46.0 Å². The van der Waals surface area contributed by atoms with Crippen molar-refractivity contribution in [3.8, 4) is 0 Å². The van der Waals surface area contributed by atoms with Crippen LogP contribution >= 0.6 is 0 Å². The molecule has 0 aliphatic carbocycles. The van der Waals surface area contributed by atoms with Crippen molar-refractivity contribution in [1.82, 2.24) is 4.90 Å². The summed E-state index contributed by atoms with van der Waals surface area (Å²) in [6, 6.07) is 14.1. The van der Waals surface area contributed by atoms with Gasteiger partial charge in [0, 0.05) is 50.7 Å². The minimum atomic E-state index is -4.31. The summed E-state index contributed by atoms with van der Waals surface area (Å²) < 4.78 is 39.2. The molecule has 0 aromatic heterocycles. The molecular weight excluding hydrogens is 425 g/mol. The van der Waals surface area contributed by atoms with Gasteiger partial charge in [-0.2, -0.15) is 13.2 Å². The SMILES string of the molecule is CN=C(Cc1ccc(C)cc1)N=C(C)N1CC2(CCN(c3cccc(C(F)(F)F)c3)CC2)C1. The van der Waals surface area contributed by atoms with E-state index < -0.39 is 11.7 Å². The number of benzene rings is 2. The van der Waals surface area contributed by atoms with Crippen LogP contribution in [0.3, 0.4) is 0 Å². The van der Waals surface area contributed by atoms with E-state index in [1.54, 1.807) is 13.1 Å². The normalized spacial score (nSPS) is 19.1. The van der Waals surface area contributed by atoms with Gasteiger partial charge in [-0.3, -0.25) is 4.99 Å². The van der Waals surface area contributed by atoms with Crippen molar-refractivity contribution >= 4 is 17.4 Å². The summed E-state index contributed by atoms with van der Waals surface area (Å²) in [4.78, 5) is 13.5. The molecule has 1 spiro atoms. The first-order valence-corrected chi connectivity index (χ1v) is 11.4. The van der Waals surface area contributed by atoms with E-state index >= 15 is 0 Å². The molecule has 0 unspecified atom stereocenters. The standard InChI is InChI=1S/C26H31F3N4/c1-19-7-9-21(10-8-19)15-24(30-3)31-20(2)33-17-25(18-33)11-13-32(14-12-25)23-6-4-5-22(16-23)26(27,28)29/h4-10,16H,11-15,17-18H2,1-3H3. The predicted octanol–water partition coefficient (Wildman–Crippen LogP) is 5.61. The van der Waals surface area contributed by atoms with Gasteiger partial charge in [-0.25, -0.2) is 4.99 Å². The molecule has 0 amide bonds. The molecule has 2 aromatic carbocycles. The first-order chi connectivity index (χ1) is 15.7. The lowest BCUT2D eigenvalue weighted by Gasteiger charge is -2.55. The monoisotopic (exact) mass is 456 g/mol. The van der Waals surface area contributed by atoms with Gasteiger partial charge in [0.05, 0.1) is 5.56 Å². The summed E-state index contributed by atoms with van der Waals surface area (Å²) in [6.45, 7) is 7.55. The minimum absolute atomic E-state index is 0.232. The highest BCUT2D eigenvalue weighted by molar-refractivity contribution is 5.97. The van der Waals surface area contributed by atoms with Crippen LogP contribution in [-0.4, -0.2) is 49.8 Å². The molecule has 2 aromatic rings. The third kappa shape index (κ3) is 5.40. The van der Waals surface area contributed by atoms with Gasteiger partial charge in [0.2, 0.25) is 0 Å². The molecule has 2 heterocycles. The number of hydrogen-bond donors (Lipinski definition) is 0. The number of anilines is 1. The van der Waals surface area contributed by atoms with Crippen LogP contribution < -0.4 is 4.90 Å². The number of piperidine rings is 1. The Kier molecular flexibility index (Phi) is 6.50. The number of alkyl halides is 3. The van der Waals surface area contributed by atoms with Crippen molar-refractivity contribution < 1.29 is 13.2 Å². The zero-order chi connectivity index (χ0) is 23.6. The van der Waals surface area contributed by atoms with Gasteiger partial charge in [-0.1, -0.05) is 35.9 Å². The molecule has 2 fully saturated rings. The van der Waals surface area contributed by atoms with Crippen molar-refractivity contribution in [2.24, 2.45) is 15.4 Å². The van der Waals surface area contributed by atoms with Crippen LogP contribution in [0.5, 0.6) is 0 Å². The van der Waals surface area contributed by atoms with E-state index in [1.165, 1.54) is 23.3 Å². The molecule has 0 N–H and O–H groups in total. The molecule has 0 bridgehead atoms. The van der Waals surface area contributed by atoms with Crippen molar-refractivity contribution in [1.29, 1.82) is 0 Å². The lowest BCUT2D eigenvalue weighted by Crippen LogP contribution is -2.61. The van der Waals surface area contributed by atoms with Gasteiger partial charge in [0.25, 0.3) is 0 Å². The summed E-state index contributed by atoms with van der Waals surface area (Å²) in [7, 11) is 1.78. The molecule has 0 radical (unpaired) electrons. The van der Waals surface area contributed by atoms with Crippen LogP contribution in [0.2, 0.25) is 0 Å². The summed E-state index contributed by atoms with van der Waals surface area (Å²) >= 11 is 0. The van der Waals surface area contributed by atoms with E-state index in [0.717, 1.165) is 56.8 Å². The molecule has 33 heavy (non-hydrogen) atoms. The third-order valence-electron chi connectivity index (χ3n) is 6.90. The molecule has 0 atom stereocenters. The summed E-state index contributed by atoms with van der Waals surface area (Å²) in [5.41, 5.74) is 2.74. The van der Waals surface area contributed by atoms with E-state index in [1.807, 2.05) is 6.92 Å². The first kappa shape index (κ1) is 23.3. The zero-order valence-electron chi connectivity index (χ0n) is 19.5. The molecular formula is C26H31F3N4. The van der Waals surface area contributed by atoms with Gasteiger partial charge in [-0.05, 0) is 50.5 Å². The Morgan fingerprint density at radius 3 is 2.30 bits per heavy atom. The smallest absolute Gasteiger partial charge is 0.371 e. The van der Waals surface area contributed by atoms with Crippen molar-refractivity contribution in [3.05, 3.63) is 65.2 Å². The molecule has 2 saturated heterocycles. The Balaban J connectivity index is 1.32. The largest absolute Gasteiger partial charge is 0.416 e. The van der Waals surface area contributed by atoms with E-state index in [-0.39, 0.29) is 5.41 Å². The van der Waals surface area contributed by atoms with Gasteiger partial charge in [0.1, 0.15) is 11.7 Å². The van der Waals surface area contributed by atoms with Crippen LogP contribution in [0.15, 0.2) is 58.5 Å². The lowest BCUT2D eigenvalue weighted by atomic mass is 9.72. The topological polar surface area (TPSA) is 31.2 Å². The number of halogens is 3. The van der Waals surface area contributed by atoms with Crippen molar-refractivity contribution in [3.63, 3.8) is 0 Å². The van der Waals surface area contributed by atoms with E-state index in [4.69, 9.17) is 4.99 Å². The predicted molar refractivity (Wildman–Crippen MR) is 128 cm³/mol. The fourth-order valence-electron chi connectivity index (χ4n) is 4.74. The maximum absolute atomic E-state index is 13.1. The fraction of sp³-hybridized carbons (Fsp3) is 0.462. The quantitative estimate of drug-likeness (QED) is 0.444. The second-order valence-corrected chi connectivity index (χ2v) is 9.35. The zero-order valence-corrected chi connectivity index (χ0v) is 19.5. The van der Waals surface area contributed by atoms with Crippen molar-refractivity contribution in [2.45, 2.75) is 39.3 Å².